The summed E-state index contributed by atoms with van der Waals surface area (Å²) in [5.74, 6) is 0.796. The second kappa shape index (κ2) is 8.95. The molecule has 8 nitrogen and oxygen atoms in total. The van der Waals surface area contributed by atoms with Crippen LogP contribution >= 0.6 is 0 Å². The summed E-state index contributed by atoms with van der Waals surface area (Å²) < 4.78 is 16.8. The summed E-state index contributed by atoms with van der Waals surface area (Å²) in [6, 6.07) is -0.134. The third-order valence-corrected chi connectivity index (χ3v) is 4.69. The molecule has 0 aliphatic carbocycles. The molecule has 8 heteroatoms. The second-order valence-electron chi connectivity index (χ2n) is 6.65. The van der Waals surface area contributed by atoms with Crippen molar-refractivity contribution in [2.24, 2.45) is 0 Å². The Kier molecular flexibility index (Phi) is 6.40. The fourth-order valence-electron chi connectivity index (χ4n) is 3.10. The monoisotopic (exact) mass is 362 g/mol. The largest absolute Gasteiger partial charge is 0.379 e. The van der Waals surface area contributed by atoms with Crippen molar-refractivity contribution in [2.75, 3.05) is 13.2 Å². The molecule has 3 rings (SSSR count). The van der Waals surface area contributed by atoms with Crippen LogP contribution in [0.5, 0.6) is 0 Å². The van der Waals surface area contributed by atoms with Gasteiger partial charge in [-0.25, -0.2) is 0 Å². The van der Waals surface area contributed by atoms with Crippen molar-refractivity contribution in [2.45, 2.75) is 58.3 Å². The highest BCUT2D eigenvalue weighted by Crippen LogP contribution is 2.18. The molecule has 2 aromatic heterocycles. The van der Waals surface area contributed by atoms with Crippen LogP contribution in [0.15, 0.2) is 16.9 Å². The number of aromatic amines is 1. The predicted molar refractivity (Wildman–Crippen MR) is 93.4 cm³/mol. The van der Waals surface area contributed by atoms with E-state index >= 15 is 0 Å². The zero-order valence-corrected chi connectivity index (χ0v) is 15.3. The molecule has 2 aromatic rings. The quantitative estimate of drug-likeness (QED) is 0.743. The van der Waals surface area contributed by atoms with Crippen molar-refractivity contribution in [1.29, 1.82) is 0 Å². The summed E-state index contributed by atoms with van der Waals surface area (Å²) in [6.07, 6.45) is 6.40. The van der Waals surface area contributed by atoms with Gasteiger partial charge in [0, 0.05) is 24.8 Å². The first-order valence-electron chi connectivity index (χ1n) is 9.01. The highest BCUT2D eigenvalue weighted by atomic mass is 16.5. The average molecular weight is 362 g/mol. The minimum atomic E-state index is -0.134. The summed E-state index contributed by atoms with van der Waals surface area (Å²) in [5, 5.41) is 13.7. The Morgan fingerprint density at radius 1 is 1.46 bits per heavy atom. The fraction of sp³-hybridized carbons (Fsp3) is 0.611. The summed E-state index contributed by atoms with van der Waals surface area (Å²) in [4.78, 5) is 12.3. The molecule has 1 aliphatic heterocycles. The maximum absolute atomic E-state index is 12.3. The molecule has 2 atom stereocenters. The van der Waals surface area contributed by atoms with E-state index in [2.05, 4.69) is 20.7 Å². The lowest BCUT2D eigenvalue weighted by Gasteiger charge is -2.32. The molecule has 1 aliphatic rings. The van der Waals surface area contributed by atoms with Gasteiger partial charge in [-0.1, -0.05) is 5.16 Å². The molecule has 3 heterocycles. The number of aromatic nitrogens is 3. The van der Waals surface area contributed by atoms with Gasteiger partial charge in [-0.15, -0.1) is 0 Å². The highest BCUT2D eigenvalue weighted by molar-refractivity contribution is 5.76. The Hall–Kier alpha value is -2.19. The summed E-state index contributed by atoms with van der Waals surface area (Å²) in [6.45, 7) is 5.32. The standard InChI is InChI=1S/C18H26N4O4/c1-12-15(13(2)26-22-12)10-25-17-6-7-24-11-16(17)21-18(23)5-3-4-14-8-19-20-9-14/h8-9,16-17H,3-7,10-11H2,1-2H3,(H,19,20)(H,21,23)/t16-,17+/m1/s1. The van der Waals surface area contributed by atoms with E-state index in [1.165, 1.54) is 0 Å². The van der Waals surface area contributed by atoms with E-state index in [4.69, 9.17) is 14.0 Å². The van der Waals surface area contributed by atoms with E-state index in [1.807, 2.05) is 20.0 Å². The SMILES string of the molecule is Cc1noc(C)c1CO[C@H]1CCOC[C@H]1NC(=O)CCCc1cn[nH]c1. The van der Waals surface area contributed by atoms with Crippen molar-refractivity contribution < 1.29 is 18.8 Å². The van der Waals surface area contributed by atoms with E-state index in [1.54, 1.807) is 6.20 Å². The number of carbonyl (C=O) groups excluding carboxylic acids is 1. The second-order valence-corrected chi connectivity index (χ2v) is 6.65. The van der Waals surface area contributed by atoms with Crippen LogP contribution in [-0.4, -0.2) is 46.6 Å². The van der Waals surface area contributed by atoms with Crippen LogP contribution in [0, 0.1) is 13.8 Å². The molecule has 142 valence electrons. The first-order valence-corrected chi connectivity index (χ1v) is 9.01. The molecular weight excluding hydrogens is 336 g/mol. The lowest BCUT2D eigenvalue weighted by molar-refractivity contribution is -0.126. The van der Waals surface area contributed by atoms with Crippen LogP contribution in [0.2, 0.25) is 0 Å². The minimum absolute atomic E-state index is 0.0231. The number of aryl methyl sites for hydroxylation is 3. The predicted octanol–water partition coefficient (Wildman–Crippen LogP) is 1.83. The number of rotatable bonds is 8. The van der Waals surface area contributed by atoms with Crippen LogP contribution < -0.4 is 5.32 Å². The Balaban J connectivity index is 1.46. The first kappa shape index (κ1) is 18.6. The van der Waals surface area contributed by atoms with Crippen molar-refractivity contribution in [3.63, 3.8) is 0 Å². The smallest absolute Gasteiger partial charge is 0.220 e. The van der Waals surface area contributed by atoms with Crippen molar-refractivity contribution in [1.82, 2.24) is 20.7 Å². The van der Waals surface area contributed by atoms with Gasteiger partial charge >= 0.3 is 0 Å². The Morgan fingerprint density at radius 3 is 3.08 bits per heavy atom. The van der Waals surface area contributed by atoms with E-state index in [0.29, 0.717) is 26.2 Å². The number of hydrogen-bond donors (Lipinski definition) is 2. The maximum atomic E-state index is 12.3. The third kappa shape index (κ3) is 4.92. The molecule has 1 fully saturated rings. The van der Waals surface area contributed by atoms with Crippen LogP contribution in [-0.2, 0) is 27.3 Å². The number of carbonyl (C=O) groups is 1. The molecule has 0 aromatic carbocycles. The number of nitrogens with one attached hydrogen (secondary N) is 2. The van der Waals surface area contributed by atoms with Gasteiger partial charge in [-0.3, -0.25) is 9.89 Å². The Morgan fingerprint density at radius 2 is 2.35 bits per heavy atom. The molecule has 1 amide bonds. The minimum Gasteiger partial charge on any atom is -0.379 e. The molecule has 0 spiro atoms. The summed E-state index contributed by atoms with van der Waals surface area (Å²) >= 11 is 0. The normalized spacial score (nSPS) is 20.2. The summed E-state index contributed by atoms with van der Waals surface area (Å²) in [7, 11) is 0. The average Bonchev–Trinajstić information content (AvgIpc) is 3.25. The zero-order valence-electron chi connectivity index (χ0n) is 15.3. The van der Waals surface area contributed by atoms with Crippen molar-refractivity contribution >= 4 is 5.91 Å². The van der Waals surface area contributed by atoms with E-state index in [0.717, 1.165) is 41.8 Å². The Bertz CT molecular complexity index is 679. The molecule has 26 heavy (non-hydrogen) atoms. The van der Waals surface area contributed by atoms with Crippen molar-refractivity contribution in [3.8, 4) is 0 Å². The van der Waals surface area contributed by atoms with Gasteiger partial charge in [0.1, 0.15) is 5.76 Å². The van der Waals surface area contributed by atoms with Crippen LogP contribution in [0.4, 0.5) is 0 Å². The number of H-pyrrole nitrogens is 1. The lowest BCUT2D eigenvalue weighted by Crippen LogP contribution is -2.50. The molecule has 0 radical (unpaired) electrons. The van der Waals surface area contributed by atoms with Gasteiger partial charge in [0.25, 0.3) is 0 Å². The van der Waals surface area contributed by atoms with E-state index in [9.17, 15) is 4.79 Å². The molecule has 0 unspecified atom stereocenters. The fourth-order valence-corrected chi connectivity index (χ4v) is 3.10. The Labute approximate surface area is 152 Å². The van der Waals surface area contributed by atoms with Gasteiger partial charge in [-0.05, 0) is 38.7 Å². The highest BCUT2D eigenvalue weighted by Gasteiger charge is 2.28. The molecule has 0 saturated carbocycles. The third-order valence-electron chi connectivity index (χ3n) is 4.69. The first-order chi connectivity index (χ1) is 12.6. The molecule has 2 N–H and O–H groups in total. The van der Waals surface area contributed by atoms with Gasteiger partial charge in [-0.2, -0.15) is 5.10 Å². The molecule has 1 saturated heterocycles. The number of amides is 1. The number of hydrogen-bond acceptors (Lipinski definition) is 6. The van der Waals surface area contributed by atoms with Gasteiger partial charge in [0.05, 0.1) is 37.3 Å². The summed E-state index contributed by atoms with van der Waals surface area (Å²) in [5.41, 5.74) is 2.93. The van der Waals surface area contributed by atoms with Crippen molar-refractivity contribution in [3.05, 3.63) is 35.0 Å². The van der Waals surface area contributed by atoms with E-state index < -0.39 is 0 Å². The number of ether oxygens (including phenoxy) is 2. The molecule has 0 bridgehead atoms. The number of nitrogens with zero attached hydrogens (tertiary/aromatic N) is 2. The van der Waals surface area contributed by atoms with E-state index in [-0.39, 0.29) is 18.1 Å². The van der Waals surface area contributed by atoms with Gasteiger partial charge in [0.15, 0.2) is 0 Å². The van der Waals surface area contributed by atoms with Gasteiger partial charge < -0.3 is 19.3 Å². The van der Waals surface area contributed by atoms with Crippen LogP contribution in [0.3, 0.4) is 0 Å². The topological polar surface area (TPSA) is 102 Å². The maximum Gasteiger partial charge on any atom is 0.220 e. The van der Waals surface area contributed by atoms with Crippen LogP contribution in [0.1, 0.15) is 41.8 Å². The lowest BCUT2D eigenvalue weighted by atomic mass is 10.1. The zero-order chi connectivity index (χ0) is 18.4. The van der Waals surface area contributed by atoms with Gasteiger partial charge in [0.2, 0.25) is 5.91 Å². The molecular formula is C18H26N4O4. The van der Waals surface area contributed by atoms with Crippen LogP contribution in [0.25, 0.3) is 0 Å².